The second-order valence-corrected chi connectivity index (χ2v) is 9.51. The monoisotopic (exact) mass is 484 g/mol. The van der Waals surface area contributed by atoms with Gasteiger partial charge in [0.1, 0.15) is 5.75 Å². The molecular formula is C24H25ClN4O3S. The number of halogens is 1. The number of sulfone groups is 1. The number of para-hydroxylation sites is 1. The largest absolute Gasteiger partial charge is 0.495 e. The molecule has 33 heavy (non-hydrogen) atoms. The zero-order valence-electron chi connectivity index (χ0n) is 18.1. The minimum atomic E-state index is -3.82. The van der Waals surface area contributed by atoms with Crippen molar-refractivity contribution in [1.29, 1.82) is 0 Å². The molecule has 1 aliphatic rings. The minimum absolute atomic E-state index is 0. The Morgan fingerprint density at radius 2 is 1.58 bits per heavy atom. The fourth-order valence-corrected chi connectivity index (χ4v) is 5.48. The lowest BCUT2D eigenvalue weighted by molar-refractivity contribution is 0.413. The molecule has 1 fully saturated rings. The predicted octanol–water partition coefficient (Wildman–Crippen LogP) is 3.70. The Hall–Kier alpha value is -3.07. The highest BCUT2D eigenvalue weighted by Gasteiger charge is 2.28. The Balaban J connectivity index is 0.00000259. The second-order valence-electron chi connectivity index (χ2n) is 7.65. The zero-order valence-corrected chi connectivity index (χ0v) is 19.8. The van der Waals surface area contributed by atoms with Crippen LogP contribution in [0.5, 0.6) is 5.75 Å². The van der Waals surface area contributed by atoms with Crippen LogP contribution in [0.1, 0.15) is 0 Å². The van der Waals surface area contributed by atoms with E-state index in [1.54, 1.807) is 42.1 Å². The van der Waals surface area contributed by atoms with Gasteiger partial charge in [-0.1, -0.05) is 36.4 Å². The second kappa shape index (κ2) is 9.43. The van der Waals surface area contributed by atoms with Gasteiger partial charge in [0, 0.05) is 37.6 Å². The van der Waals surface area contributed by atoms with Crippen LogP contribution in [0.3, 0.4) is 0 Å². The lowest BCUT2D eigenvalue weighted by Crippen LogP contribution is -2.43. The summed E-state index contributed by atoms with van der Waals surface area (Å²) >= 11 is 0. The Labute approximate surface area is 199 Å². The van der Waals surface area contributed by atoms with Gasteiger partial charge in [0.05, 0.1) is 28.9 Å². The summed E-state index contributed by atoms with van der Waals surface area (Å²) in [5.41, 5.74) is 2.34. The van der Waals surface area contributed by atoms with E-state index in [0.29, 0.717) is 16.7 Å². The summed E-state index contributed by atoms with van der Waals surface area (Å²) in [6.07, 6.45) is 0. The third-order valence-electron chi connectivity index (χ3n) is 5.71. The molecule has 172 valence electrons. The normalized spacial score (nSPS) is 14.2. The summed E-state index contributed by atoms with van der Waals surface area (Å²) in [5, 5.41) is 8.58. The topological polar surface area (TPSA) is 76.5 Å². The van der Waals surface area contributed by atoms with Gasteiger partial charge in [0.25, 0.3) is 0 Å². The first-order valence-electron chi connectivity index (χ1n) is 10.5. The van der Waals surface area contributed by atoms with Crippen molar-refractivity contribution in [2.75, 3.05) is 38.2 Å². The molecule has 1 N–H and O–H groups in total. The minimum Gasteiger partial charge on any atom is -0.495 e. The number of hydrogen-bond donors (Lipinski definition) is 1. The quantitative estimate of drug-likeness (QED) is 0.465. The highest BCUT2D eigenvalue weighted by atomic mass is 35.5. The number of anilines is 1. The van der Waals surface area contributed by atoms with Gasteiger partial charge in [-0.15, -0.1) is 12.4 Å². The summed E-state index contributed by atoms with van der Waals surface area (Å²) in [4.78, 5) is 2.44. The van der Waals surface area contributed by atoms with Crippen LogP contribution in [0.2, 0.25) is 0 Å². The fraction of sp³-hybridized carbons (Fsp3) is 0.208. The predicted molar refractivity (Wildman–Crippen MR) is 132 cm³/mol. The molecule has 5 rings (SSSR count). The number of nitrogens with zero attached hydrogens (tertiary/aromatic N) is 3. The maximum atomic E-state index is 13.6. The van der Waals surface area contributed by atoms with Gasteiger partial charge >= 0.3 is 0 Å². The Kier molecular flexibility index (Phi) is 6.60. The summed E-state index contributed by atoms with van der Waals surface area (Å²) < 4.78 is 34.6. The number of rotatable bonds is 5. The molecule has 0 amide bonds. The lowest BCUT2D eigenvalue weighted by atomic mass is 10.1. The number of benzene rings is 3. The molecular weight excluding hydrogens is 460 g/mol. The van der Waals surface area contributed by atoms with Crippen molar-refractivity contribution in [3.05, 3.63) is 72.8 Å². The fourth-order valence-electron chi connectivity index (χ4n) is 4.09. The third-order valence-corrected chi connectivity index (χ3v) is 7.42. The van der Waals surface area contributed by atoms with Crippen LogP contribution in [0.15, 0.2) is 82.7 Å². The first kappa shape index (κ1) is 23.1. The van der Waals surface area contributed by atoms with Gasteiger partial charge in [0.15, 0.2) is 5.03 Å². The van der Waals surface area contributed by atoms with Gasteiger partial charge < -0.3 is 15.0 Å². The molecule has 0 atom stereocenters. The zero-order chi connectivity index (χ0) is 22.1. The number of aromatic nitrogens is 2. The molecule has 1 aliphatic heterocycles. The standard InChI is InChI=1S/C24H24N4O3S.ClH/c1-31-23-17-21-20(16-22(23)27-14-12-25-13-15-27)24(26-28(21)18-8-4-2-5-9-18)32(29,30)19-10-6-3-7-11-19;/h2-11,16-17,25H,12-15H2,1H3;1H. The molecule has 0 radical (unpaired) electrons. The van der Waals surface area contributed by atoms with E-state index in [2.05, 4.69) is 15.3 Å². The molecule has 2 heterocycles. The van der Waals surface area contributed by atoms with Crippen LogP contribution in [0.25, 0.3) is 16.6 Å². The summed E-state index contributed by atoms with van der Waals surface area (Å²) in [5.74, 6) is 0.695. The smallest absolute Gasteiger partial charge is 0.226 e. The summed E-state index contributed by atoms with van der Waals surface area (Å²) in [6, 6.07) is 21.8. The average Bonchev–Trinajstić information content (AvgIpc) is 3.24. The van der Waals surface area contributed by atoms with Crippen molar-refractivity contribution in [2.45, 2.75) is 9.92 Å². The van der Waals surface area contributed by atoms with Gasteiger partial charge in [-0.05, 0) is 30.3 Å². The highest BCUT2D eigenvalue weighted by Crippen LogP contribution is 2.38. The lowest BCUT2D eigenvalue weighted by Gasteiger charge is -2.30. The number of fused-ring (bicyclic) bond motifs is 1. The van der Waals surface area contributed by atoms with E-state index in [1.807, 2.05) is 42.5 Å². The molecule has 0 spiro atoms. The molecule has 0 aliphatic carbocycles. The van der Waals surface area contributed by atoms with Crippen molar-refractivity contribution < 1.29 is 13.2 Å². The van der Waals surface area contributed by atoms with Crippen molar-refractivity contribution in [1.82, 2.24) is 15.1 Å². The van der Waals surface area contributed by atoms with Crippen LogP contribution >= 0.6 is 12.4 Å². The van der Waals surface area contributed by atoms with E-state index in [1.165, 1.54) is 0 Å². The number of ether oxygens (including phenoxy) is 1. The maximum absolute atomic E-state index is 13.6. The SMILES string of the molecule is COc1cc2c(cc1N1CCNCC1)c(S(=O)(=O)c1ccccc1)nn2-c1ccccc1.Cl. The third kappa shape index (κ3) is 4.17. The van der Waals surface area contributed by atoms with Crippen molar-refractivity contribution >= 4 is 38.8 Å². The molecule has 3 aromatic carbocycles. The van der Waals surface area contributed by atoms with Gasteiger partial charge in [0.2, 0.25) is 9.84 Å². The molecule has 9 heteroatoms. The van der Waals surface area contributed by atoms with Crippen LogP contribution in [0, 0.1) is 0 Å². The number of piperazine rings is 1. The van der Waals surface area contributed by atoms with Gasteiger partial charge in [-0.2, -0.15) is 5.10 Å². The molecule has 1 aromatic heterocycles. The van der Waals surface area contributed by atoms with Gasteiger partial charge in [-0.25, -0.2) is 13.1 Å². The molecule has 0 saturated carbocycles. The first-order valence-corrected chi connectivity index (χ1v) is 12.0. The van der Waals surface area contributed by atoms with E-state index < -0.39 is 9.84 Å². The molecule has 7 nitrogen and oxygen atoms in total. The molecule has 0 bridgehead atoms. The first-order chi connectivity index (χ1) is 15.6. The van der Waals surface area contributed by atoms with Gasteiger partial charge in [-0.3, -0.25) is 0 Å². The van der Waals surface area contributed by atoms with E-state index in [-0.39, 0.29) is 22.3 Å². The molecule has 0 unspecified atom stereocenters. The van der Waals surface area contributed by atoms with Crippen LogP contribution in [-0.2, 0) is 9.84 Å². The Bertz CT molecular complexity index is 1350. The van der Waals surface area contributed by atoms with E-state index in [4.69, 9.17) is 4.74 Å². The van der Waals surface area contributed by atoms with Crippen LogP contribution < -0.4 is 15.0 Å². The average molecular weight is 485 g/mol. The van der Waals surface area contributed by atoms with Crippen molar-refractivity contribution in [3.63, 3.8) is 0 Å². The number of methoxy groups -OCH3 is 1. The Morgan fingerprint density at radius 1 is 0.939 bits per heavy atom. The van der Waals surface area contributed by atoms with Crippen LogP contribution in [-0.4, -0.2) is 51.5 Å². The summed E-state index contributed by atoms with van der Waals surface area (Å²) in [6.45, 7) is 3.35. The van der Waals surface area contributed by atoms with E-state index in [0.717, 1.165) is 37.6 Å². The molecule has 4 aromatic rings. The molecule has 1 saturated heterocycles. The van der Waals surface area contributed by atoms with E-state index >= 15 is 0 Å². The van der Waals surface area contributed by atoms with Crippen molar-refractivity contribution in [3.8, 4) is 11.4 Å². The van der Waals surface area contributed by atoms with Crippen molar-refractivity contribution in [2.24, 2.45) is 0 Å². The van der Waals surface area contributed by atoms with E-state index in [9.17, 15) is 8.42 Å². The number of hydrogen-bond acceptors (Lipinski definition) is 6. The summed E-state index contributed by atoms with van der Waals surface area (Å²) in [7, 11) is -2.19. The number of nitrogens with one attached hydrogen (secondary N) is 1. The van der Waals surface area contributed by atoms with Crippen LogP contribution in [0.4, 0.5) is 5.69 Å². The highest BCUT2D eigenvalue weighted by molar-refractivity contribution is 7.91. The Morgan fingerprint density at radius 3 is 2.21 bits per heavy atom. The maximum Gasteiger partial charge on any atom is 0.226 e.